The quantitative estimate of drug-likeness (QED) is 0.567. The summed E-state index contributed by atoms with van der Waals surface area (Å²) in [5, 5.41) is 21.3. The zero-order valence-corrected chi connectivity index (χ0v) is 14.2. The number of aromatic nitrogens is 3. The third-order valence-corrected chi connectivity index (χ3v) is 4.63. The van der Waals surface area contributed by atoms with Crippen LogP contribution in [0.2, 0.25) is 0 Å². The third-order valence-electron chi connectivity index (χ3n) is 3.68. The van der Waals surface area contributed by atoms with E-state index in [0.29, 0.717) is 23.1 Å². The average Bonchev–Trinajstić information content (AvgIpc) is 3.01. The van der Waals surface area contributed by atoms with Crippen LogP contribution in [0.5, 0.6) is 5.75 Å². The van der Waals surface area contributed by atoms with Gasteiger partial charge in [0.15, 0.2) is 11.0 Å². The molecule has 0 atom stereocenters. The van der Waals surface area contributed by atoms with Crippen molar-refractivity contribution in [2.75, 3.05) is 12.9 Å². The lowest BCUT2D eigenvalue weighted by Crippen LogP contribution is -2.05. The molecule has 0 amide bonds. The Morgan fingerprint density at radius 2 is 1.96 bits per heavy atom. The van der Waals surface area contributed by atoms with E-state index in [1.54, 1.807) is 6.07 Å². The fourth-order valence-corrected chi connectivity index (χ4v) is 3.30. The summed E-state index contributed by atoms with van der Waals surface area (Å²) >= 11 is 1.26. The number of methoxy groups -OCH3 is 1. The number of hydrogen-bond acceptors (Lipinski definition) is 6. The number of phenols is 1. The molecule has 0 aliphatic rings. The van der Waals surface area contributed by atoms with Crippen LogP contribution in [-0.2, 0) is 16.1 Å². The second-order valence-electron chi connectivity index (χ2n) is 5.13. The Kier molecular flexibility index (Phi) is 4.71. The number of carbonyl (C=O) groups is 1. The Hall–Kier alpha value is -2.54. The van der Waals surface area contributed by atoms with E-state index >= 15 is 0 Å². The molecule has 3 aromatic rings. The molecular weight excluding hydrogens is 326 g/mol. The average molecular weight is 343 g/mol. The van der Waals surface area contributed by atoms with E-state index in [-0.39, 0.29) is 17.5 Å². The predicted molar refractivity (Wildman–Crippen MR) is 93.0 cm³/mol. The normalized spacial score (nSPS) is 10.9. The fraction of sp³-hybridized carbons (Fsp3) is 0.235. The van der Waals surface area contributed by atoms with Crippen LogP contribution in [0.4, 0.5) is 0 Å². The van der Waals surface area contributed by atoms with Gasteiger partial charge in [-0.1, -0.05) is 36.0 Å². The summed E-state index contributed by atoms with van der Waals surface area (Å²) < 4.78 is 6.52. The van der Waals surface area contributed by atoms with Crippen LogP contribution in [0.3, 0.4) is 0 Å². The van der Waals surface area contributed by atoms with Crippen molar-refractivity contribution >= 4 is 28.5 Å². The van der Waals surface area contributed by atoms with Crippen LogP contribution in [0.1, 0.15) is 6.92 Å². The first kappa shape index (κ1) is 16.3. The first-order chi connectivity index (χ1) is 11.6. The van der Waals surface area contributed by atoms with Crippen LogP contribution in [-0.4, -0.2) is 38.7 Å². The highest BCUT2D eigenvalue weighted by Crippen LogP contribution is 2.34. The summed E-state index contributed by atoms with van der Waals surface area (Å²) in [6.45, 7) is 2.59. The Balaban J connectivity index is 2.01. The molecule has 2 aromatic carbocycles. The molecule has 0 saturated heterocycles. The molecule has 0 aliphatic carbocycles. The van der Waals surface area contributed by atoms with Crippen molar-refractivity contribution in [1.82, 2.24) is 14.8 Å². The Morgan fingerprint density at radius 3 is 2.62 bits per heavy atom. The van der Waals surface area contributed by atoms with E-state index in [0.717, 1.165) is 10.8 Å². The number of benzene rings is 2. The van der Waals surface area contributed by atoms with Crippen LogP contribution >= 0.6 is 11.8 Å². The number of carbonyl (C=O) groups excluding carboxylic acids is 1. The molecule has 0 bridgehead atoms. The summed E-state index contributed by atoms with van der Waals surface area (Å²) in [4.78, 5) is 11.3. The number of fused-ring (bicyclic) bond motifs is 1. The van der Waals surface area contributed by atoms with Gasteiger partial charge in [-0.05, 0) is 29.8 Å². The maximum absolute atomic E-state index is 11.3. The maximum atomic E-state index is 11.3. The van der Waals surface area contributed by atoms with Gasteiger partial charge >= 0.3 is 5.97 Å². The van der Waals surface area contributed by atoms with Crippen LogP contribution < -0.4 is 0 Å². The zero-order valence-electron chi connectivity index (χ0n) is 13.4. The van der Waals surface area contributed by atoms with Gasteiger partial charge in [0.2, 0.25) is 0 Å². The lowest BCUT2D eigenvalue weighted by Gasteiger charge is -2.09. The predicted octanol–water partition coefficient (Wildman–Crippen LogP) is 3.09. The molecule has 1 aromatic heterocycles. The van der Waals surface area contributed by atoms with E-state index in [9.17, 15) is 9.90 Å². The molecule has 3 rings (SSSR count). The van der Waals surface area contributed by atoms with Crippen molar-refractivity contribution in [3.05, 3.63) is 36.4 Å². The lowest BCUT2D eigenvalue weighted by atomic mass is 10.1. The van der Waals surface area contributed by atoms with Crippen LogP contribution in [0, 0.1) is 0 Å². The maximum Gasteiger partial charge on any atom is 0.316 e. The first-order valence-corrected chi connectivity index (χ1v) is 8.47. The summed E-state index contributed by atoms with van der Waals surface area (Å²) in [5.74, 6) is 0.576. The summed E-state index contributed by atoms with van der Waals surface area (Å²) in [5.41, 5.74) is 0.618. The number of rotatable bonds is 5. The molecule has 0 spiro atoms. The molecule has 0 radical (unpaired) electrons. The van der Waals surface area contributed by atoms with Gasteiger partial charge < -0.3 is 14.4 Å². The molecule has 0 saturated carbocycles. The first-order valence-electron chi connectivity index (χ1n) is 7.49. The van der Waals surface area contributed by atoms with E-state index in [1.807, 2.05) is 41.8 Å². The van der Waals surface area contributed by atoms with Crippen molar-refractivity contribution in [3.63, 3.8) is 0 Å². The van der Waals surface area contributed by atoms with Crippen LogP contribution in [0.15, 0.2) is 41.6 Å². The number of thioether (sulfide) groups is 1. The minimum Gasteiger partial charge on any atom is -0.507 e. The van der Waals surface area contributed by atoms with Crippen molar-refractivity contribution in [2.45, 2.75) is 18.6 Å². The molecule has 6 nitrogen and oxygen atoms in total. The third kappa shape index (κ3) is 3.07. The van der Waals surface area contributed by atoms with Gasteiger partial charge in [-0.2, -0.15) is 0 Å². The molecule has 0 fully saturated rings. The minimum absolute atomic E-state index is 0.153. The van der Waals surface area contributed by atoms with Gasteiger partial charge in [0, 0.05) is 6.54 Å². The number of aromatic hydroxyl groups is 1. The number of ether oxygens (including phenoxy) is 1. The second kappa shape index (κ2) is 6.92. The number of esters is 1. The minimum atomic E-state index is -0.319. The van der Waals surface area contributed by atoms with Gasteiger partial charge in [-0.25, -0.2) is 0 Å². The summed E-state index contributed by atoms with van der Waals surface area (Å²) in [6.07, 6.45) is 0. The van der Waals surface area contributed by atoms with Gasteiger partial charge in [0.25, 0.3) is 0 Å². The molecule has 7 heteroatoms. The Labute approximate surface area is 143 Å². The van der Waals surface area contributed by atoms with E-state index in [2.05, 4.69) is 14.9 Å². The van der Waals surface area contributed by atoms with E-state index < -0.39 is 0 Å². The molecule has 124 valence electrons. The largest absolute Gasteiger partial charge is 0.507 e. The highest BCUT2D eigenvalue weighted by Gasteiger charge is 2.17. The van der Waals surface area contributed by atoms with Crippen molar-refractivity contribution in [2.24, 2.45) is 0 Å². The number of hydrogen-bond donors (Lipinski definition) is 1. The molecule has 1 N–H and O–H groups in total. The fourth-order valence-electron chi connectivity index (χ4n) is 2.47. The molecule has 1 heterocycles. The van der Waals surface area contributed by atoms with Crippen LogP contribution in [0.25, 0.3) is 22.2 Å². The number of phenolic OH excluding ortho intramolecular Hbond substituents is 1. The van der Waals surface area contributed by atoms with Gasteiger partial charge in [-0.15, -0.1) is 10.2 Å². The lowest BCUT2D eigenvalue weighted by molar-refractivity contribution is -0.137. The number of nitrogens with zero attached hydrogens (tertiary/aromatic N) is 3. The Bertz CT molecular complexity index is 892. The summed E-state index contributed by atoms with van der Waals surface area (Å²) in [6, 6.07) is 11.4. The highest BCUT2D eigenvalue weighted by molar-refractivity contribution is 7.99. The molecule has 24 heavy (non-hydrogen) atoms. The molecule has 0 aliphatic heterocycles. The molecule has 0 unspecified atom stereocenters. The zero-order chi connectivity index (χ0) is 17.1. The van der Waals surface area contributed by atoms with Crippen molar-refractivity contribution < 1.29 is 14.6 Å². The molecular formula is C17H17N3O3S. The summed E-state index contributed by atoms with van der Waals surface area (Å²) in [7, 11) is 1.35. The van der Waals surface area contributed by atoms with Crippen molar-refractivity contribution in [3.8, 4) is 17.1 Å². The SMILES string of the molecule is CCn1c(SCC(=O)OC)nnc1-c1cc2ccccc2cc1O. The van der Waals surface area contributed by atoms with Gasteiger partial charge in [0.05, 0.1) is 18.4 Å². The van der Waals surface area contributed by atoms with Gasteiger partial charge in [0.1, 0.15) is 5.75 Å². The smallest absolute Gasteiger partial charge is 0.316 e. The van der Waals surface area contributed by atoms with Gasteiger partial charge in [-0.3, -0.25) is 4.79 Å². The van der Waals surface area contributed by atoms with E-state index in [1.165, 1.54) is 18.9 Å². The second-order valence-corrected chi connectivity index (χ2v) is 6.07. The topological polar surface area (TPSA) is 77.2 Å². The Morgan fingerprint density at radius 1 is 1.25 bits per heavy atom. The standard InChI is InChI=1S/C17H17N3O3S/c1-3-20-16(18-19-17(20)24-10-15(22)23-2)13-8-11-6-4-5-7-12(11)9-14(13)21/h4-9,21H,3,10H2,1-2H3. The van der Waals surface area contributed by atoms with E-state index in [4.69, 9.17) is 0 Å². The van der Waals surface area contributed by atoms with Crippen molar-refractivity contribution in [1.29, 1.82) is 0 Å². The monoisotopic (exact) mass is 343 g/mol. The highest BCUT2D eigenvalue weighted by atomic mass is 32.2.